The zero-order valence-electron chi connectivity index (χ0n) is 13.6. The Morgan fingerprint density at radius 1 is 1.30 bits per heavy atom. The number of nitrogens with one attached hydrogen (secondary N) is 1. The van der Waals surface area contributed by atoms with E-state index in [1.54, 1.807) is 0 Å². The Morgan fingerprint density at radius 2 is 2.04 bits per heavy atom. The third kappa shape index (κ3) is 5.30. The van der Waals surface area contributed by atoms with E-state index in [1.807, 2.05) is 38.1 Å². The summed E-state index contributed by atoms with van der Waals surface area (Å²) < 4.78 is 32.2. The van der Waals surface area contributed by atoms with Crippen molar-refractivity contribution in [3.63, 3.8) is 0 Å². The van der Waals surface area contributed by atoms with Gasteiger partial charge in [-0.05, 0) is 30.4 Å². The molecule has 0 aliphatic carbocycles. The SMILES string of the molecule is CC(C)(CCCO)CNS(=O)(=O)CCc1noc2ccccc12. The van der Waals surface area contributed by atoms with Crippen molar-refractivity contribution in [1.82, 2.24) is 9.88 Å². The number of para-hydroxylation sites is 1. The van der Waals surface area contributed by atoms with E-state index in [0.717, 1.165) is 11.8 Å². The largest absolute Gasteiger partial charge is 0.396 e. The fraction of sp³-hybridized carbons (Fsp3) is 0.562. The van der Waals surface area contributed by atoms with E-state index in [1.165, 1.54) is 0 Å². The molecule has 1 aromatic carbocycles. The van der Waals surface area contributed by atoms with Gasteiger partial charge >= 0.3 is 0 Å². The Kier molecular flexibility index (Phi) is 5.78. The van der Waals surface area contributed by atoms with Crippen LogP contribution in [0.25, 0.3) is 11.0 Å². The smallest absolute Gasteiger partial charge is 0.211 e. The molecule has 1 heterocycles. The van der Waals surface area contributed by atoms with E-state index in [4.69, 9.17) is 9.63 Å². The van der Waals surface area contributed by atoms with E-state index in [9.17, 15) is 8.42 Å². The lowest BCUT2D eigenvalue weighted by Gasteiger charge is -2.24. The maximum Gasteiger partial charge on any atom is 0.211 e. The number of aliphatic hydroxyl groups excluding tert-OH is 1. The molecule has 0 amide bonds. The first-order valence-electron chi connectivity index (χ1n) is 7.74. The second-order valence-corrected chi connectivity index (χ2v) is 8.43. The summed E-state index contributed by atoms with van der Waals surface area (Å²) in [7, 11) is -3.38. The van der Waals surface area contributed by atoms with Crippen LogP contribution in [0.1, 0.15) is 32.4 Å². The summed E-state index contributed by atoms with van der Waals surface area (Å²) in [6.45, 7) is 4.44. The second kappa shape index (κ2) is 7.42. The van der Waals surface area contributed by atoms with Crippen LogP contribution in [0.5, 0.6) is 0 Å². The van der Waals surface area contributed by atoms with E-state index in [0.29, 0.717) is 30.7 Å². The normalized spacial score (nSPS) is 12.8. The topological polar surface area (TPSA) is 92.4 Å². The molecule has 0 radical (unpaired) electrons. The van der Waals surface area contributed by atoms with Gasteiger partial charge < -0.3 is 9.63 Å². The Labute approximate surface area is 136 Å². The molecule has 2 aromatic rings. The number of hydrogen-bond donors (Lipinski definition) is 2. The summed E-state index contributed by atoms with van der Waals surface area (Å²) in [6, 6.07) is 7.41. The molecule has 6 nitrogen and oxygen atoms in total. The molecular weight excluding hydrogens is 316 g/mol. The number of aliphatic hydroxyl groups is 1. The lowest BCUT2D eigenvalue weighted by Crippen LogP contribution is -2.36. The maximum atomic E-state index is 12.2. The van der Waals surface area contributed by atoms with Gasteiger partial charge in [-0.25, -0.2) is 13.1 Å². The van der Waals surface area contributed by atoms with Crippen molar-refractivity contribution in [3.05, 3.63) is 30.0 Å². The van der Waals surface area contributed by atoms with Crippen LogP contribution < -0.4 is 4.72 Å². The first-order chi connectivity index (χ1) is 10.8. The van der Waals surface area contributed by atoms with Crippen LogP contribution in [-0.4, -0.2) is 37.6 Å². The average molecular weight is 340 g/mol. The van der Waals surface area contributed by atoms with Crippen molar-refractivity contribution in [2.24, 2.45) is 5.41 Å². The van der Waals surface area contributed by atoms with Gasteiger partial charge in [0.15, 0.2) is 5.58 Å². The minimum atomic E-state index is -3.38. The number of aryl methyl sites for hydroxylation is 1. The molecule has 0 saturated carbocycles. The lowest BCUT2D eigenvalue weighted by atomic mass is 9.88. The third-order valence-electron chi connectivity index (χ3n) is 3.84. The Balaban J connectivity index is 1.91. The zero-order chi connectivity index (χ0) is 16.9. The molecule has 0 fully saturated rings. The number of hydrogen-bond acceptors (Lipinski definition) is 5. The van der Waals surface area contributed by atoms with Crippen molar-refractivity contribution < 1.29 is 18.0 Å². The van der Waals surface area contributed by atoms with Crippen LogP contribution in [0, 0.1) is 5.41 Å². The van der Waals surface area contributed by atoms with Gasteiger partial charge in [-0.15, -0.1) is 0 Å². The van der Waals surface area contributed by atoms with Crippen molar-refractivity contribution in [3.8, 4) is 0 Å². The summed E-state index contributed by atoms with van der Waals surface area (Å²) in [5.41, 5.74) is 1.14. The predicted octanol–water partition coefficient (Wildman–Crippen LogP) is 2.09. The van der Waals surface area contributed by atoms with E-state index in [-0.39, 0.29) is 17.8 Å². The molecule has 0 unspecified atom stereocenters. The molecule has 7 heteroatoms. The molecule has 1 aromatic heterocycles. The monoisotopic (exact) mass is 340 g/mol. The van der Waals surface area contributed by atoms with Gasteiger partial charge in [0.25, 0.3) is 0 Å². The molecule has 23 heavy (non-hydrogen) atoms. The Bertz CT molecular complexity index is 737. The minimum absolute atomic E-state index is 0.0282. The highest BCUT2D eigenvalue weighted by Gasteiger charge is 2.21. The Morgan fingerprint density at radius 3 is 2.78 bits per heavy atom. The summed E-state index contributed by atoms with van der Waals surface area (Å²) >= 11 is 0. The summed E-state index contributed by atoms with van der Waals surface area (Å²) in [5, 5.41) is 13.7. The first-order valence-corrected chi connectivity index (χ1v) is 9.40. The number of nitrogens with zero attached hydrogens (tertiary/aromatic N) is 1. The predicted molar refractivity (Wildman–Crippen MR) is 89.6 cm³/mol. The number of sulfonamides is 1. The van der Waals surface area contributed by atoms with Crippen molar-refractivity contribution in [2.75, 3.05) is 18.9 Å². The minimum Gasteiger partial charge on any atom is -0.396 e. The summed E-state index contributed by atoms with van der Waals surface area (Å²) in [6.07, 6.45) is 1.74. The van der Waals surface area contributed by atoms with Crippen LogP contribution in [0.4, 0.5) is 0 Å². The summed E-state index contributed by atoms with van der Waals surface area (Å²) in [4.78, 5) is 0. The quantitative estimate of drug-likeness (QED) is 0.729. The van der Waals surface area contributed by atoms with Crippen LogP contribution in [-0.2, 0) is 16.4 Å². The van der Waals surface area contributed by atoms with Gasteiger partial charge in [-0.3, -0.25) is 0 Å². The van der Waals surface area contributed by atoms with Gasteiger partial charge in [-0.1, -0.05) is 31.1 Å². The van der Waals surface area contributed by atoms with Gasteiger partial charge in [0, 0.05) is 25.0 Å². The molecule has 0 bridgehead atoms. The number of benzene rings is 1. The zero-order valence-corrected chi connectivity index (χ0v) is 14.4. The molecule has 128 valence electrons. The molecular formula is C16H24N2O4S. The number of fused-ring (bicyclic) bond motifs is 1. The Hall–Kier alpha value is -1.44. The molecule has 2 rings (SSSR count). The first kappa shape index (κ1) is 17.9. The maximum absolute atomic E-state index is 12.2. The highest BCUT2D eigenvalue weighted by Crippen LogP contribution is 2.21. The fourth-order valence-corrected chi connectivity index (χ4v) is 3.59. The van der Waals surface area contributed by atoms with Crippen LogP contribution in [0.3, 0.4) is 0 Å². The average Bonchev–Trinajstić information content (AvgIpc) is 2.93. The van der Waals surface area contributed by atoms with E-state index < -0.39 is 10.0 Å². The van der Waals surface area contributed by atoms with E-state index in [2.05, 4.69) is 9.88 Å². The third-order valence-corrected chi connectivity index (χ3v) is 5.17. The molecule has 2 N–H and O–H groups in total. The van der Waals surface area contributed by atoms with Crippen LogP contribution >= 0.6 is 0 Å². The second-order valence-electron chi connectivity index (χ2n) is 6.51. The standard InChI is InChI=1S/C16H24N2O4S/c1-16(2,9-5-10-19)12-17-23(20,21)11-8-14-13-6-3-4-7-15(13)22-18-14/h3-4,6-7,17,19H,5,8-12H2,1-2H3. The van der Waals surface area contributed by atoms with Crippen molar-refractivity contribution >= 4 is 21.0 Å². The molecule has 0 atom stereocenters. The number of aromatic nitrogens is 1. The highest BCUT2D eigenvalue weighted by atomic mass is 32.2. The van der Waals surface area contributed by atoms with Crippen molar-refractivity contribution in [1.29, 1.82) is 0 Å². The van der Waals surface area contributed by atoms with Gasteiger partial charge in [0.2, 0.25) is 10.0 Å². The van der Waals surface area contributed by atoms with Crippen molar-refractivity contribution in [2.45, 2.75) is 33.1 Å². The number of rotatable bonds is 9. The highest BCUT2D eigenvalue weighted by molar-refractivity contribution is 7.89. The lowest BCUT2D eigenvalue weighted by molar-refractivity contribution is 0.242. The molecule has 0 saturated heterocycles. The van der Waals surface area contributed by atoms with Gasteiger partial charge in [-0.2, -0.15) is 0 Å². The fourth-order valence-electron chi connectivity index (χ4n) is 2.37. The van der Waals surface area contributed by atoms with E-state index >= 15 is 0 Å². The molecule has 0 aliphatic rings. The van der Waals surface area contributed by atoms with Crippen LogP contribution in [0.15, 0.2) is 28.8 Å². The molecule has 0 spiro atoms. The summed E-state index contributed by atoms with van der Waals surface area (Å²) in [5.74, 6) is -0.0282. The van der Waals surface area contributed by atoms with Gasteiger partial charge in [0.05, 0.1) is 11.4 Å². The molecule has 0 aliphatic heterocycles. The van der Waals surface area contributed by atoms with Crippen LogP contribution in [0.2, 0.25) is 0 Å². The van der Waals surface area contributed by atoms with Gasteiger partial charge in [0.1, 0.15) is 0 Å².